The first-order valence-corrected chi connectivity index (χ1v) is 7.64. The van der Waals surface area contributed by atoms with E-state index in [1.807, 2.05) is 6.20 Å². The van der Waals surface area contributed by atoms with E-state index in [2.05, 4.69) is 10.3 Å². The van der Waals surface area contributed by atoms with Gasteiger partial charge >= 0.3 is 0 Å². The van der Waals surface area contributed by atoms with Gasteiger partial charge in [-0.2, -0.15) is 0 Å². The molecule has 0 aromatic carbocycles. The standard InChI is InChI=1S/C10H16N2OS2/c13-15(7-10-5-12-8-14-10)6-9-2-1-3-11-4-9/h5,8-9,11H,1-4,6-7H2/t9-,15-/m0/s1. The van der Waals surface area contributed by atoms with Crippen molar-refractivity contribution < 1.29 is 4.21 Å². The summed E-state index contributed by atoms with van der Waals surface area (Å²) in [4.78, 5) is 5.13. The highest BCUT2D eigenvalue weighted by Crippen LogP contribution is 2.14. The SMILES string of the molecule is O=[S@](Cc1cncs1)C[C@H]1CCCNC1. The summed E-state index contributed by atoms with van der Waals surface area (Å²) in [6.07, 6.45) is 4.27. The van der Waals surface area contributed by atoms with Gasteiger partial charge in [0.05, 0.1) is 11.3 Å². The molecule has 0 spiro atoms. The van der Waals surface area contributed by atoms with Crippen LogP contribution in [0.2, 0.25) is 0 Å². The average molecular weight is 244 g/mol. The summed E-state index contributed by atoms with van der Waals surface area (Å²) in [5.74, 6) is 2.12. The number of thiazole rings is 1. The van der Waals surface area contributed by atoms with Crippen LogP contribution in [0, 0.1) is 5.92 Å². The van der Waals surface area contributed by atoms with Crippen molar-refractivity contribution in [2.75, 3.05) is 18.8 Å². The molecule has 1 aromatic rings. The monoisotopic (exact) mass is 244 g/mol. The third-order valence-corrected chi connectivity index (χ3v) is 5.05. The Balaban J connectivity index is 1.76. The Labute approximate surface area is 96.8 Å². The molecule has 0 amide bonds. The zero-order valence-corrected chi connectivity index (χ0v) is 10.3. The van der Waals surface area contributed by atoms with E-state index in [9.17, 15) is 4.21 Å². The van der Waals surface area contributed by atoms with Crippen molar-refractivity contribution in [2.24, 2.45) is 5.92 Å². The predicted molar refractivity (Wildman–Crippen MR) is 64.4 cm³/mol. The fourth-order valence-electron chi connectivity index (χ4n) is 1.86. The third-order valence-electron chi connectivity index (χ3n) is 2.61. The largest absolute Gasteiger partial charge is 0.316 e. The Morgan fingerprint density at radius 2 is 2.60 bits per heavy atom. The molecule has 1 aliphatic rings. The summed E-state index contributed by atoms with van der Waals surface area (Å²) >= 11 is 1.59. The number of aromatic nitrogens is 1. The predicted octanol–water partition coefficient (Wildman–Crippen LogP) is 1.39. The van der Waals surface area contributed by atoms with Gasteiger partial charge in [-0.25, -0.2) is 0 Å². The van der Waals surface area contributed by atoms with Crippen molar-refractivity contribution in [3.63, 3.8) is 0 Å². The number of nitrogens with zero attached hydrogens (tertiary/aromatic N) is 1. The summed E-state index contributed by atoms with van der Waals surface area (Å²) in [6.45, 7) is 2.16. The molecule has 1 aliphatic heterocycles. The summed E-state index contributed by atoms with van der Waals surface area (Å²) < 4.78 is 11.8. The van der Waals surface area contributed by atoms with E-state index in [4.69, 9.17) is 0 Å². The molecule has 5 heteroatoms. The zero-order valence-electron chi connectivity index (χ0n) is 8.65. The molecular formula is C10H16N2OS2. The van der Waals surface area contributed by atoms with Crippen LogP contribution in [0.3, 0.4) is 0 Å². The Hall–Kier alpha value is -0.260. The molecule has 0 aliphatic carbocycles. The Kier molecular flexibility index (Phi) is 4.29. The molecule has 1 aromatic heterocycles. The van der Waals surface area contributed by atoms with E-state index in [1.54, 1.807) is 16.8 Å². The molecular weight excluding hydrogens is 228 g/mol. The normalized spacial score (nSPS) is 23.9. The van der Waals surface area contributed by atoms with Crippen LogP contribution >= 0.6 is 11.3 Å². The number of hydrogen-bond donors (Lipinski definition) is 1. The smallest absolute Gasteiger partial charge is 0.0794 e. The van der Waals surface area contributed by atoms with Crippen LogP contribution in [-0.2, 0) is 16.6 Å². The van der Waals surface area contributed by atoms with Gasteiger partial charge in [0.15, 0.2) is 0 Å². The minimum Gasteiger partial charge on any atom is -0.316 e. The van der Waals surface area contributed by atoms with E-state index in [0.29, 0.717) is 11.7 Å². The van der Waals surface area contributed by atoms with Crippen molar-refractivity contribution in [2.45, 2.75) is 18.6 Å². The lowest BCUT2D eigenvalue weighted by Gasteiger charge is -2.21. The molecule has 1 N–H and O–H groups in total. The van der Waals surface area contributed by atoms with Gasteiger partial charge in [-0.15, -0.1) is 11.3 Å². The van der Waals surface area contributed by atoms with E-state index in [1.165, 1.54) is 12.8 Å². The number of piperidine rings is 1. The lowest BCUT2D eigenvalue weighted by Crippen LogP contribution is -2.32. The molecule has 0 unspecified atom stereocenters. The van der Waals surface area contributed by atoms with Gasteiger partial charge in [0, 0.05) is 27.6 Å². The topological polar surface area (TPSA) is 42.0 Å². The van der Waals surface area contributed by atoms with Gasteiger partial charge in [-0.3, -0.25) is 9.19 Å². The average Bonchev–Trinajstić information content (AvgIpc) is 2.71. The van der Waals surface area contributed by atoms with Crippen molar-refractivity contribution >= 4 is 22.1 Å². The highest BCUT2D eigenvalue weighted by molar-refractivity contribution is 7.84. The lowest BCUT2D eigenvalue weighted by molar-refractivity contribution is 0.408. The van der Waals surface area contributed by atoms with Gasteiger partial charge in [-0.1, -0.05) is 0 Å². The minimum atomic E-state index is -0.717. The second-order valence-corrected chi connectivity index (χ2v) is 6.40. The first-order valence-electron chi connectivity index (χ1n) is 5.27. The molecule has 0 saturated carbocycles. The molecule has 84 valence electrons. The van der Waals surface area contributed by atoms with E-state index >= 15 is 0 Å². The maximum absolute atomic E-state index is 11.8. The summed E-state index contributed by atoms with van der Waals surface area (Å²) in [6, 6.07) is 0. The van der Waals surface area contributed by atoms with Gasteiger partial charge in [0.1, 0.15) is 0 Å². The highest BCUT2D eigenvalue weighted by Gasteiger charge is 2.16. The summed E-state index contributed by atoms with van der Waals surface area (Å²) in [5, 5.41) is 3.35. The van der Waals surface area contributed by atoms with Crippen LogP contribution in [0.15, 0.2) is 11.7 Å². The van der Waals surface area contributed by atoms with Crippen molar-refractivity contribution in [1.82, 2.24) is 10.3 Å². The van der Waals surface area contributed by atoms with E-state index in [0.717, 1.165) is 23.7 Å². The Bertz CT molecular complexity index is 307. The lowest BCUT2D eigenvalue weighted by atomic mass is 10.0. The first-order chi connectivity index (χ1) is 7.34. The second-order valence-electron chi connectivity index (χ2n) is 3.93. The molecule has 2 atom stereocenters. The Morgan fingerprint density at radius 3 is 3.27 bits per heavy atom. The van der Waals surface area contributed by atoms with Gasteiger partial charge in [0.25, 0.3) is 0 Å². The van der Waals surface area contributed by atoms with Gasteiger partial charge in [0.2, 0.25) is 0 Å². The van der Waals surface area contributed by atoms with Crippen molar-refractivity contribution in [3.05, 3.63) is 16.6 Å². The molecule has 15 heavy (non-hydrogen) atoms. The first kappa shape index (κ1) is 11.2. The maximum Gasteiger partial charge on any atom is 0.0794 e. The van der Waals surface area contributed by atoms with E-state index < -0.39 is 10.8 Å². The van der Waals surface area contributed by atoms with Crippen LogP contribution < -0.4 is 5.32 Å². The molecule has 1 saturated heterocycles. The molecule has 0 bridgehead atoms. The van der Waals surface area contributed by atoms with Crippen molar-refractivity contribution in [1.29, 1.82) is 0 Å². The minimum absolute atomic E-state index is 0.604. The molecule has 2 rings (SSSR count). The molecule has 0 radical (unpaired) electrons. The second kappa shape index (κ2) is 5.72. The highest BCUT2D eigenvalue weighted by atomic mass is 32.2. The number of hydrogen-bond acceptors (Lipinski definition) is 4. The number of nitrogens with one attached hydrogen (secondary N) is 1. The summed E-state index contributed by atoms with van der Waals surface area (Å²) in [5.41, 5.74) is 1.80. The molecule has 1 fully saturated rings. The van der Waals surface area contributed by atoms with Crippen molar-refractivity contribution in [3.8, 4) is 0 Å². The fourth-order valence-corrected chi connectivity index (χ4v) is 4.23. The quantitative estimate of drug-likeness (QED) is 0.870. The van der Waals surface area contributed by atoms with Crippen LogP contribution in [0.25, 0.3) is 0 Å². The van der Waals surface area contributed by atoms with Crippen LogP contribution in [0.1, 0.15) is 17.7 Å². The number of rotatable bonds is 4. The third kappa shape index (κ3) is 3.66. The van der Waals surface area contributed by atoms with Gasteiger partial charge in [-0.05, 0) is 31.8 Å². The van der Waals surface area contributed by atoms with Crippen LogP contribution in [-0.4, -0.2) is 28.0 Å². The van der Waals surface area contributed by atoms with Crippen LogP contribution in [0.4, 0.5) is 0 Å². The molecule has 3 nitrogen and oxygen atoms in total. The van der Waals surface area contributed by atoms with Gasteiger partial charge < -0.3 is 5.32 Å². The zero-order chi connectivity index (χ0) is 10.5. The van der Waals surface area contributed by atoms with Crippen LogP contribution in [0.5, 0.6) is 0 Å². The Morgan fingerprint density at radius 1 is 1.67 bits per heavy atom. The summed E-state index contributed by atoms with van der Waals surface area (Å²) in [7, 11) is -0.717. The molecule has 2 heterocycles. The fraction of sp³-hybridized carbons (Fsp3) is 0.700. The maximum atomic E-state index is 11.8. The van der Waals surface area contributed by atoms with E-state index in [-0.39, 0.29) is 0 Å².